The maximum absolute atomic E-state index is 5.71. The van der Waals surface area contributed by atoms with Crippen LogP contribution in [0.4, 0.5) is 5.69 Å². The number of hydrogen-bond acceptors (Lipinski definition) is 4. The van der Waals surface area contributed by atoms with E-state index in [-0.39, 0.29) is 29.4 Å². The molecule has 0 saturated carbocycles. The normalized spacial score (nSPS) is 20.2. The van der Waals surface area contributed by atoms with E-state index in [0.29, 0.717) is 6.04 Å². The average molecular weight is 565 g/mol. The van der Waals surface area contributed by atoms with E-state index < -0.39 is 0 Å². The number of hydrogen-bond donors (Lipinski definition) is 2. The first-order valence-electron chi connectivity index (χ1n) is 11.6. The van der Waals surface area contributed by atoms with Gasteiger partial charge in [-0.25, -0.2) is 0 Å². The maximum atomic E-state index is 5.71. The third kappa shape index (κ3) is 5.93. The maximum Gasteiger partial charge on any atom is 0.191 e. The highest BCUT2D eigenvalue weighted by molar-refractivity contribution is 14.0. The summed E-state index contributed by atoms with van der Waals surface area (Å²) in [4.78, 5) is 6.92. The lowest BCUT2D eigenvalue weighted by atomic mass is 9.72. The molecule has 2 heterocycles. The lowest BCUT2D eigenvalue weighted by Gasteiger charge is -2.39. The highest BCUT2D eigenvalue weighted by Crippen LogP contribution is 2.36. The molecule has 2 aromatic rings. The van der Waals surface area contributed by atoms with E-state index in [2.05, 4.69) is 63.8 Å². The smallest absolute Gasteiger partial charge is 0.191 e. The van der Waals surface area contributed by atoms with Gasteiger partial charge in [0.2, 0.25) is 0 Å². The summed E-state index contributed by atoms with van der Waals surface area (Å²) in [5, 5.41) is 7.30. The summed E-state index contributed by atoms with van der Waals surface area (Å²) in [5.74, 6) is 1.80. The molecular formula is C26H37IN4O2. The number of aryl methyl sites for hydroxylation is 1. The first kappa shape index (κ1) is 25.6. The molecule has 6 nitrogen and oxygen atoms in total. The third-order valence-electron chi connectivity index (χ3n) is 6.94. The highest BCUT2D eigenvalue weighted by Gasteiger charge is 2.36. The Kier molecular flexibility index (Phi) is 9.26. The number of anilines is 1. The van der Waals surface area contributed by atoms with E-state index in [1.165, 1.54) is 11.1 Å². The second-order valence-electron chi connectivity index (χ2n) is 8.88. The Balaban J connectivity index is 0.00000306. The van der Waals surface area contributed by atoms with E-state index in [1.54, 1.807) is 7.11 Å². The molecule has 1 atom stereocenters. The summed E-state index contributed by atoms with van der Waals surface area (Å²) in [6.07, 6.45) is 3.11. The van der Waals surface area contributed by atoms with Gasteiger partial charge in [-0.3, -0.25) is 4.99 Å². The lowest BCUT2D eigenvalue weighted by Crippen LogP contribution is -2.50. The molecule has 1 unspecified atom stereocenters. The number of halogens is 1. The highest BCUT2D eigenvalue weighted by atomic mass is 127. The number of rotatable bonds is 6. The van der Waals surface area contributed by atoms with Crippen LogP contribution in [0.5, 0.6) is 5.75 Å². The quantitative estimate of drug-likeness (QED) is 0.314. The monoisotopic (exact) mass is 564 g/mol. The van der Waals surface area contributed by atoms with E-state index in [1.807, 2.05) is 19.2 Å². The van der Waals surface area contributed by atoms with Crippen molar-refractivity contribution in [2.24, 2.45) is 4.99 Å². The van der Waals surface area contributed by atoms with Crippen molar-refractivity contribution in [3.05, 3.63) is 59.7 Å². The topological polar surface area (TPSA) is 58.1 Å². The molecule has 2 N–H and O–H groups in total. The molecule has 2 aromatic carbocycles. The summed E-state index contributed by atoms with van der Waals surface area (Å²) in [6, 6.07) is 17.3. The Morgan fingerprint density at radius 1 is 1.15 bits per heavy atom. The number of methoxy groups -OCH3 is 1. The molecule has 2 saturated heterocycles. The summed E-state index contributed by atoms with van der Waals surface area (Å²) < 4.78 is 11.3. The van der Waals surface area contributed by atoms with Crippen LogP contribution in [0.15, 0.2) is 53.5 Å². The fourth-order valence-electron chi connectivity index (χ4n) is 5.10. The summed E-state index contributed by atoms with van der Waals surface area (Å²) >= 11 is 0. The van der Waals surface area contributed by atoms with Gasteiger partial charge in [-0.15, -0.1) is 24.0 Å². The van der Waals surface area contributed by atoms with Crippen LogP contribution in [0.3, 0.4) is 0 Å². The minimum absolute atomic E-state index is 0. The van der Waals surface area contributed by atoms with Gasteiger partial charge in [-0.05, 0) is 49.4 Å². The third-order valence-corrected chi connectivity index (χ3v) is 6.94. The Morgan fingerprint density at radius 2 is 1.88 bits per heavy atom. The second-order valence-corrected chi connectivity index (χ2v) is 8.88. The van der Waals surface area contributed by atoms with E-state index in [0.717, 1.165) is 69.5 Å². The fourth-order valence-corrected chi connectivity index (χ4v) is 5.10. The number of aliphatic imine (C=N–C) groups is 1. The van der Waals surface area contributed by atoms with Crippen LogP contribution in [0.1, 0.15) is 30.4 Å². The number of guanidine groups is 1. The van der Waals surface area contributed by atoms with Crippen LogP contribution in [0.25, 0.3) is 0 Å². The van der Waals surface area contributed by atoms with Crippen molar-refractivity contribution in [1.82, 2.24) is 10.6 Å². The van der Waals surface area contributed by atoms with Crippen LogP contribution >= 0.6 is 24.0 Å². The molecule has 2 aliphatic rings. The molecule has 0 radical (unpaired) electrons. The number of para-hydroxylation sites is 2. The van der Waals surface area contributed by atoms with E-state index in [9.17, 15) is 0 Å². The summed E-state index contributed by atoms with van der Waals surface area (Å²) in [6.45, 7) is 6.60. The van der Waals surface area contributed by atoms with Crippen LogP contribution in [0, 0.1) is 6.92 Å². The molecule has 180 valence electrons. The van der Waals surface area contributed by atoms with Crippen molar-refractivity contribution in [2.45, 2.75) is 37.6 Å². The molecule has 0 spiro atoms. The molecule has 2 fully saturated rings. The van der Waals surface area contributed by atoms with Gasteiger partial charge in [-0.2, -0.15) is 0 Å². The van der Waals surface area contributed by atoms with Crippen molar-refractivity contribution >= 4 is 35.6 Å². The van der Waals surface area contributed by atoms with Gasteiger partial charge in [0, 0.05) is 51.4 Å². The van der Waals surface area contributed by atoms with Crippen molar-refractivity contribution in [3.8, 4) is 5.75 Å². The van der Waals surface area contributed by atoms with Crippen LogP contribution in [-0.2, 0) is 10.2 Å². The molecule has 7 heteroatoms. The molecule has 33 heavy (non-hydrogen) atoms. The first-order valence-corrected chi connectivity index (χ1v) is 11.6. The molecule has 0 amide bonds. The standard InChI is InChI=1S/C26H36N4O2.HI/c1-20-8-4-5-9-22(20)26(13-16-32-17-14-26)19-28-25(27-2)29-21-12-15-30(18-21)23-10-6-7-11-24(23)31-3;/h4-11,21H,12-19H2,1-3H3,(H2,27,28,29);1H. The minimum Gasteiger partial charge on any atom is -0.495 e. The van der Waals surface area contributed by atoms with Crippen molar-refractivity contribution in [1.29, 1.82) is 0 Å². The summed E-state index contributed by atoms with van der Waals surface area (Å²) in [7, 11) is 3.59. The van der Waals surface area contributed by atoms with Gasteiger partial charge < -0.3 is 25.0 Å². The molecule has 4 rings (SSSR count). The predicted octanol–water partition coefficient (Wildman–Crippen LogP) is 4.11. The minimum atomic E-state index is 0. The summed E-state index contributed by atoms with van der Waals surface area (Å²) in [5.41, 5.74) is 4.00. The number of ether oxygens (including phenoxy) is 2. The Hall–Kier alpha value is -2.00. The van der Waals surface area contributed by atoms with Crippen LogP contribution in [-0.4, -0.2) is 59.0 Å². The number of benzene rings is 2. The van der Waals surface area contributed by atoms with Crippen LogP contribution in [0.2, 0.25) is 0 Å². The van der Waals surface area contributed by atoms with Gasteiger partial charge in [0.25, 0.3) is 0 Å². The molecule has 0 aliphatic carbocycles. The largest absolute Gasteiger partial charge is 0.495 e. The van der Waals surface area contributed by atoms with Gasteiger partial charge in [0.05, 0.1) is 12.8 Å². The fraction of sp³-hybridized carbons (Fsp3) is 0.500. The Bertz CT molecular complexity index is 930. The molecule has 0 aromatic heterocycles. The van der Waals surface area contributed by atoms with Gasteiger partial charge >= 0.3 is 0 Å². The van der Waals surface area contributed by atoms with Crippen LogP contribution < -0.4 is 20.3 Å². The SMILES string of the molecule is CN=C(NCC1(c2ccccc2C)CCOCC1)NC1CCN(c2ccccc2OC)C1.I. The second kappa shape index (κ2) is 11.9. The zero-order chi connectivity index (χ0) is 22.4. The number of nitrogens with one attached hydrogen (secondary N) is 2. The predicted molar refractivity (Wildman–Crippen MR) is 146 cm³/mol. The Morgan fingerprint density at radius 3 is 2.61 bits per heavy atom. The van der Waals surface area contributed by atoms with Crippen molar-refractivity contribution in [2.75, 3.05) is 51.9 Å². The van der Waals surface area contributed by atoms with E-state index >= 15 is 0 Å². The molecule has 0 bridgehead atoms. The first-order chi connectivity index (χ1) is 15.6. The van der Waals surface area contributed by atoms with E-state index in [4.69, 9.17) is 9.47 Å². The number of nitrogens with zero attached hydrogens (tertiary/aromatic N) is 2. The zero-order valence-electron chi connectivity index (χ0n) is 20.0. The van der Waals surface area contributed by atoms with Gasteiger partial charge in [-0.1, -0.05) is 36.4 Å². The zero-order valence-corrected chi connectivity index (χ0v) is 22.3. The van der Waals surface area contributed by atoms with Crippen molar-refractivity contribution in [3.63, 3.8) is 0 Å². The average Bonchev–Trinajstić information content (AvgIpc) is 3.31. The molecular weight excluding hydrogens is 527 g/mol. The Labute approximate surface area is 215 Å². The lowest BCUT2D eigenvalue weighted by molar-refractivity contribution is 0.0511. The molecule has 2 aliphatic heterocycles. The van der Waals surface area contributed by atoms with Gasteiger partial charge in [0.1, 0.15) is 5.75 Å². The van der Waals surface area contributed by atoms with Crippen molar-refractivity contribution < 1.29 is 9.47 Å². The van der Waals surface area contributed by atoms with Gasteiger partial charge in [0.15, 0.2) is 5.96 Å².